The molecule has 0 aromatic heterocycles. The molecule has 1 aliphatic rings. The van der Waals surface area contributed by atoms with Crippen LogP contribution < -0.4 is 11.1 Å². The maximum atomic E-state index is 12.2. The number of amides is 1. The van der Waals surface area contributed by atoms with Gasteiger partial charge in [-0.1, -0.05) is 31.3 Å². The van der Waals surface area contributed by atoms with Crippen LogP contribution in [0.1, 0.15) is 35.7 Å². The van der Waals surface area contributed by atoms with Gasteiger partial charge >= 0.3 is 0 Å². The molecule has 2 rings (SSSR count). The van der Waals surface area contributed by atoms with Gasteiger partial charge < -0.3 is 16.0 Å². The Morgan fingerprint density at radius 1 is 1.38 bits per heavy atom. The van der Waals surface area contributed by atoms with Crippen molar-refractivity contribution in [2.75, 3.05) is 26.2 Å². The number of likely N-dealkylation sites (tertiary alicyclic amines) is 1. The summed E-state index contributed by atoms with van der Waals surface area (Å²) in [6.07, 6.45) is 2.59. The first-order chi connectivity index (χ1) is 10.1. The summed E-state index contributed by atoms with van der Waals surface area (Å²) in [7, 11) is 0. The molecule has 3 N–H and O–H groups in total. The topological polar surface area (TPSA) is 58.4 Å². The summed E-state index contributed by atoms with van der Waals surface area (Å²) in [4.78, 5) is 14.9. The third kappa shape index (κ3) is 4.79. The number of nitrogens with two attached hydrogens (primary N) is 1. The molecular formula is C16H23N3OS. The molecule has 1 atom stereocenters. The van der Waals surface area contributed by atoms with Gasteiger partial charge in [-0.15, -0.1) is 0 Å². The zero-order valence-corrected chi connectivity index (χ0v) is 13.3. The molecule has 1 aromatic rings. The molecule has 0 bridgehead atoms. The molecule has 0 aliphatic carbocycles. The highest BCUT2D eigenvalue weighted by Crippen LogP contribution is 2.10. The SMILES string of the molecule is CC(CNC(=O)c1cccc(C(N)=S)c1)CN1CCCC1. The summed E-state index contributed by atoms with van der Waals surface area (Å²) in [6.45, 7) is 6.28. The van der Waals surface area contributed by atoms with Crippen LogP contribution in [0.15, 0.2) is 24.3 Å². The minimum absolute atomic E-state index is 0.0682. The third-order valence-electron chi connectivity index (χ3n) is 3.79. The Hall–Kier alpha value is -1.46. The van der Waals surface area contributed by atoms with Crippen molar-refractivity contribution in [2.45, 2.75) is 19.8 Å². The first kappa shape index (κ1) is 15.9. The fourth-order valence-corrected chi connectivity index (χ4v) is 2.78. The van der Waals surface area contributed by atoms with E-state index in [1.54, 1.807) is 18.2 Å². The molecule has 0 spiro atoms. The number of benzene rings is 1. The van der Waals surface area contributed by atoms with Crippen molar-refractivity contribution >= 4 is 23.1 Å². The minimum atomic E-state index is -0.0682. The predicted octanol–water partition coefficient (Wildman–Crippen LogP) is 1.78. The van der Waals surface area contributed by atoms with E-state index in [-0.39, 0.29) is 5.91 Å². The second-order valence-corrected chi connectivity index (χ2v) is 6.21. The van der Waals surface area contributed by atoms with E-state index >= 15 is 0 Å². The van der Waals surface area contributed by atoms with E-state index in [0.29, 0.717) is 23.0 Å². The molecule has 21 heavy (non-hydrogen) atoms. The molecule has 5 heteroatoms. The van der Waals surface area contributed by atoms with Crippen LogP contribution in [0.5, 0.6) is 0 Å². The molecule has 114 valence electrons. The average molecular weight is 305 g/mol. The van der Waals surface area contributed by atoms with Crippen LogP contribution in [-0.2, 0) is 0 Å². The van der Waals surface area contributed by atoms with Gasteiger partial charge in [-0.05, 0) is 44.0 Å². The van der Waals surface area contributed by atoms with Gasteiger partial charge in [0, 0.05) is 24.2 Å². The molecule has 1 aromatic carbocycles. The van der Waals surface area contributed by atoms with Gasteiger partial charge in [0.25, 0.3) is 5.91 Å². The number of nitrogens with one attached hydrogen (secondary N) is 1. The molecule has 1 unspecified atom stereocenters. The van der Waals surface area contributed by atoms with Crippen LogP contribution >= 0.6 is 12.2 Å². The fraction of sp³-hybridized carbons (Fsp3) is 0.500. The van der Waals surface area contributed by atoms with Gasteiger partial charge in [-0.3, -0.25) is 4.79 Å². The third-order valence-corrected chi connectivity index (χ3v) is 4.02. The summed E-state index contributed by atoms with van der Waals surface area (Å²) >= 11 is 4.93. The van der Waals surface area contributed by atoms with Crippen molar-refractivity contribution in [1.82, 2.24) is 10.2 Å². The number of hydrogen-bond donors (Lipinski definition) is 2. The summed E-state index contributed by atoms with van der Waals surface area (Å²) < 4.78 is 0. The summed E-state index contributed by atoms with van der Waals surface area (Å²) in [5.74, 6) is 0.382. The van der Waals surface area contributed by atoms with Crippen LogP contribution in [-0.4, -0.2) is 42.0 Å². The molecule has 1 fully saturated rings. The summed E-state index contributed by atoms with van der Waals surface area (Å²) in [6, 6.07) is 7.14. The Kier molecular flexibility index (Phi) is 5.70. The Morgan fingerprint density at radius 2 is 2.05 bits per heavy atom. The van der Waals surface area contributed by atoms with E-state index < -0.39 is 0 Å². The van der Waals surface area contributed by atoms with Crippen LogP contribution in [0.3, 0.4) is 0 Å². The van der Waals surface area contributed by atoms with Crippen LogP contribution in [0.4, 0.5) is 0 Å². The molecular weight excluding hydrogens is 282 g/mol. The van der Waals surface area contributed by atoms with E-state index in [9.17, 15) is 4.79 Å². The fourth-order valence-electron chi connectivity index (χ4n) is 2.65. The Morgan fingerprint density at radius 3 is 2.71 bits per heavy atom. The van der Waals surface area contributed by atoms with E-state index in [1.807, 2.05) is 6.07 Å². The number of carbonyl (C=O) groups is 1. The predicted molar refractivity (Wildman–Crippen MR) is 89.5 cm³/mol. The molecule has 1 aliphatic heterocycles. The lowest BCUT2D eigenvalue weighted by molar-refractivity contribution is 0.0945. The lowest BCUT2D eigenvalue weighted by Crippen LogP contribution is -2.34. The van der Waals surface area contributed by atoms with Gasteiger partial charge in [-0.2, -0.15) is 0 Å². The summed E-state index contributed by atoms with van der Waals surface area (Å²) in [5.41, 5.74) is 6.92. The lowest BCUT2D eigenvalue weighted by Gasteiger charge is -2.20. The lowest BCUT2D eigenvalue weighted by atomic mass is 10.1. The number of carbonyl (C=O) groups excluding carboxylic acids is 1. The number of nitrogens with zero attached hydrogens (tertiary/aromatic N) is 1. The molecule has 1 heterocycles. The Bertz CT molecular complexity index is 512. The molecule has 1 saturated heterocycles. The average Bonchev–Trinajstić information content (AvgIpc) is 2.97. The van der Waals surface area contributed by atoms with E-state index in [4.69, 9.17) is 18.0 Å². The highest BCUT2D eigenvalue weighted by Gasteiger charge is 2.15. The number of hydrogen-bond acceptors (Lipinski definition) is 3. The molecule has 4 nitrogen and oxygen atoms in total. The molecule has 0 saturated carbocycles. The Labute approximate surface area is 131 Å². The maximum Gasteiger partial charge on any atom is 0.251 e. The largest absolute Gasteiger partial charge is 0.389 e. The number of rotatable bonds is 6. The zero-order chi connectivity index (χ0) is 15.2. The van der Waals surface area contributed by atoms with Gasteiger partial charge in [0.05, 0.1) is 0 Å². The summed E-state index contributed by atoms with van der Waals surface area (Å²) in [5, 5.41) is 2.99. The Balaban J connectivity index is 1.83. The van der Waals surface area contributed by atoms with Crippen LogP contribution in [0, 0.1) is 5.92 Å². The first-order valence-corrected chi connectivity index (χ1v) is 7.87. The minimum Gasteiger partial charge on any atom is -0.389 e. The van der Waals surface area contributed by atoms with Crippen LogP contribution in [0.2, 0.25) is 0 Å². The van der Waals surface area contributed by atoms with Gasteiger partial charge in [0.2, 0.25) is 0 Å². The van der Waals surface area contributed by atoms with Crippen molar-refractivity contribution in [1.29, 1.82) is 0 Å². The standard InChI is InChI=1S/C16H23N3OS/c1-12(11-19-7-2-3-8-19)10-18-16(20)14-6-4-5-13(9-14)15(17)21/h4-6,9,12H,2-3,7-8,10-11H2,1H3,(H2,17,21)(H,18,20). The van der Waals surface area contributed by atoms with Crippen molar-refractivity contribution in [3.05, 3.63) is 35.4 Å². The van der Waals surface area contributed by atoms with E-state index in [2.05, 4.69) is 17.1 Å². The maximum absolute atomic E-state index is 12.2. The molecule has 1 amide bonds. The van der Waals surface area contributed by atoms with Crippen molar-refractivity contribution in [2.24, 2.45) is 11.7 Å². The normalized spacial score (nSPS) is 16.6. The first-order valence-electron chi connectivity index (χ1n) is 7.46. The quantitative estimate of drug-likeness (QED) is 0.787. The smallest absolute Gasteiger partial charge is 0.251 e. The van der Waals surface area contributed by atoms with Gasteiger partial charge in [0.1, 0.15) is 4.99 Å². The monoisotopic (exact) mass is 305 g/mol. The second kappa shape index (κ2) is 7.52. The van der Waals surface area contributed by atoms with Crippen LogP contribution in [0.25, 0.3) is 0 Å². The number of thiocarbonyl (C=S) groups is 1. The van der Waals surface area contributed by atoms with Gasteiger partial charge in [0.15, 0.2) is 0 Å². The van der Waals surface area contributed by atoms with Gasteiger partial charge in [-0.25, -0.2) is 0 Å². The van der Waals surface area contributed by atoms with Crippen molar-refractivity contribution in [3.63, 3.8) is 0 Å². The highest BCUT2D eigenvalue weighted by atomic mass is 32.1. The van der Waals surface area contributed by atoms with E-state index in [1.165, 1.54) is 25.9 Å². The zero-order valence-electron chi connectivity index (χ0n) is 12.5. The van der Waals surface area contributed by atoms with Crippen molar-refractivity contribution < 1.29 is 4.79 Å². The van der Waals surface area contributed by atoms with E-state index in [0.717, 1.165) is 12.1 Å². The second-order valence-electron chi connectivity index (χ2n) is 5.77. The van der Waals surface area contributed by atoms with Crippen molar-refractivity contribution in [3.8, 4) is 0 Å². The highest BCUT2D eigenvalue weighted by molar-refractivity contribution is 7.80. The molecule has 0 radical (unpaired) electrons.